The lowest BCUT2D eigenvalue weighted by atomic mass is 10.2. The predicted molar refractivity (Wildman–Crippen MR) is 94.3 cm³/mol. The van der Waals surface area contributed by atoms with Gasteiger partial charge in [-0.3, -0.25) is 14.2 Å². The molecule has 1 N–H and O–H groups in total. The molecule has 2 aromatic rings. The van der Waals surface area contributed by atoms with Gasteiger partial charge in [0.1, 0.15) is 6.54 Å². The molecule has 1 aliphatic rings. The Labute approximate surface area is 149 Å². The number of sulfone groups is 1. The smallest absolute Gasteiger partial charge is 0.261 e. The number of hydrogen-bond donors (Lipinski definition) is 1. The van der Waals surface area contributed by atoms with Gasteiger partial charge in [-0.2, -0.15) is 0 Å². The highest BCUT2D eigenvalue weighted by atomic mass is 32.2. The van der Waals surface area contributed by atoms with Crippen molar-refractivity contribution >= 4 is 26.6 Å². The van der Waals surface area contributed by atoms with Crippen LogP contribution in [0.2, 0.25) is 0 Å². The molecular formula is C16H19N3O6S. The van der Waals surface area contributed by atoms with Crippen molar-refractivity contribution in [2.75, 3.05) is 25.7 Å². The van der Waals surface area contributed by atoms with Crippen molar-refractivity contribution in [2.24, 2.45) is 0 Å². The van der Waals surface area contributed by atoms with E-state index in [1.165, 1.54) is 31.2 Å². The Morgan fingerprint density at radius 3 is 2.62 bits per heavy atom. The van der Waals surface area contributed by atoms with Crippen LogP contribution >= 0.6 is 0 Å². The van der Waals surface area contributed by atoms with Crippen LogP contribution in [0.3, 0.4) is 0 Å². The number of benzene rings is 1. The van der Waals surface area contributed by atoms with Crippen molar-refractivity contribution in [3.05, 3.63) is 28.8 Å². The third kappa shape index (κ3) is 3.64. The van der Waals surface area contributed by atoms with Gasteiger partial charge in [0.15, 0.2) is 21.3 Å². The lowest BCUT2D eigenvalue weighted by Gasteiger charge is -2.13. The predicted octanol–water partition coefficient (Wildman–Crippen LogP) is -0.283. The van der Waals surface area contributed by atoms with Gasteiger partial charge >= 0.3 is 0 Å². The average Bonchev–Trinajstić information content (AvgIpc) is 2.94. The first-order chi connectivity index (χ1) is 12.3. The monoisotopic (exact) mass is 381 g/mol. The van der Waals surface area contributed by atoms with E-state index in [4.69, 9.17) is 9.47 Å². The fraction of sp³-hybridized carbons (Fsp3) is 0.438. The molecule has 0 saturated carbocycles. The minimum Gasteiger partial charge on any atom is -0.493 e. The van der Waals surface area contributed by atoms with Crippen LogP contribution in [-0.2, 0) is 21.2 Å². The quantitative estimate of drug-likeness (QED) is 0.757. The third-order valence-electron chi connectivity index (χ3n) is 4.24. The number of amides is 1. The van der Waals surface area contributed by atoms with Gasteiger partial charge in [0.05, 0.1) is 43.0 Å². The lowest BCUT2D eigenvalue weighted by Crippen LogP contribution is -2.39. The number of ether oxygens (including phenoxy) is 2. The van der Waals surface area contributed by atoms with Gasteiger partial charge in [-0.1, -0.05) is 0 Å². The molecule has 1 aromatic heterocycles. The molecule has 1 unspecified atom stereocenters. The third-order valence-corrected chi connectivity index (χ3v) is 6.01. The molecule has 3 rings (SSSR count). The normalized spacial score (nSPS) is 18.6. The number of carbonyl (C=O) groups excluding carboxylic acids is 1. The minimum absolute atomic E-state index is 0.0665. The Bertz CT molecular complexity index is 1010. The van der Waals surface area contributed by atoms with Gasteiger partial charge in [-0.15, -0.1) is 0 Å². The molecule has 2 heterocycles. The molecule has 26 heavy (non-hydrogen) atoms. The summed E-state index contributed by atoms with van der Waals surface area (Å²) in [5, 5.41) is 2.94. The number of aromatic nitrogens is 2. The number of carbonyl (C=O) groups is 1. The van der Waals surface area contributed by atoms with Gasteiger partial charge in [0.2, 0.25) is 5.91 Å². The summed E-state index contributed by atoms with van der Waals surface area (Å²) in [6.45, 7) is -0.243. The van der Waals surface area contributed by atoms with Crippen molar-refractivity contribution in [1.82, 2.24) is 14.9 Å². The Morgan fingerprint density at radius 1 is 1.31 bits per heavy atom. The molecular weight excluding hydrogens is 362 g/mol. The summed E-state index contributed by atoms with van der Waals surface area (Å²) < 4.78 is 34.5. The fourth-order valence-electron chi connectivity index (χ4n) is 2.93. The summed E-state index contributed by atoms with van der Waals surface area (Å²) >= 11 is 0. The molecule has 0 radical (unpaired) electrons. The number of methoxy groups -OCH3 is 2. The topological polar surface area (TPSA) is 117 Å². The standard InChI is InChI=1S/C16H19N3O6S/c1-24-13-5-11-12(6-14(13)25-2)17-9-19(16(11)21)7-15(20)18-10-3-4-26(22,23)8-10/h5-6,9-10H,3-4,7-8H2,1-2H3,(H,18,20). The number of hydrogen-bond acceptors (Lipinski definition) is 7. The van der Waals surface area contributed by atoms with E-state index in [0.717, 1.165) is 0 Å². The second-order valence-corrected chi connectivity index (χ2v) is 8.30. The zero-order valence-electron chi connectivity index (χ0n) is 14.4. The molecule has 140 valence electrons. The van der Waals surface area contributed by atoms with E-state index in [-0.39, 0.29) is 18.1 Å². The molecule has 1 fully saturated rings. The van der Waals surface area contributed by atoms with Gasteiger partial charge < -0.3 is 14.8 Å². The van der Waals surface area contributed by atoms with E-state index in [9.17, 15) is 18.0 Å². The zero-order chi connectivity index (χ0) is 18.9. The van der Waals surface area contributed by atoms with E-state index in [1.54, 1.807) is 6.07 Å². The number of rotatable bonds is 5. The van der Waals surface area contributed by atoms with Crippen molar-refractivity contribution in [3.63, 3.8) is 0 Å². The molecule has 10 heteroatoms. The molecule has 9 nitrogen and oxygen atoms in total. The van der Waals surface area contributed by atoms with Gasteiger partial charge in [-0.25, -0.2) is 13.4 Å². The van der Waals surface area contributed by atoms with Crippen LogP contribution in [0, 0.1) is 0 Å². The first kappa shape index (κ1) is 18.2. The summed E-state index contributed by atoms with van der Waals surface area (Å²) in [5.41, 5.74) is 0.0244. The average molecular weight is 381 g/mol. The van der Waals surface area contributed by atoms with Gasteiger partial charge in [-0.05, 0) is 12.5 Å². The van der Waals surface area contributed by atoms with Crippen LogP contribution in [0.1, 0.15) is 6.42 Å². The summed E-state index contributed by atoms with van der Waals surface area (Å²) in [6, 6.07) is 2.69. The molecule has 1 atom stereocenters. The number of nitrogens with one attached hydrogen (secondary N) is 1. The molecule has 1 amide bonds. The largest absolute Gasteiger partial charge is 0.493 e. The Hall–Kier alpha value is -2.62. The Kier molecular flexibility index (Phi) is 4.86. The maximum atomic E-state index is 12.6. The van der Waals surface area contributed by atoms with E-state index in [1.807, 2.05) is 0 Å². The molecule has 1 aromatic carbocycles. The highest BCUT2D eigenvalue weighted by Crippen LogP contribution is 2.29. The summed E-state index contributed by atoms with van der Waals surface area (Å²) in [5.74, 6) is 0.399. The van der Waals surface area contributed by atoms with E-state index < -0.39 is 27.3 Å². The first-order valence-electron chi connectivity index (χ1n) is 7.94. The molecule has 0 aliphatic carbocycles. The summed E-state index contributed by atoms with van der Waals surface area (Å²) in [7, 11) is -0.142. The Balaban J connectivity index is 1.83. The highest BCUT2D eigenvalue weighted by Gasteiger charge is 2.29. The number of fused-ring (bicyclic) bond motifs is 1. The fourth-order valence-corrected chi connectivity index (χ4v) is 4.61. The Morgan fingerprint density at radius 2 is 2.00 bits per heavy atom. The maximum Gasteiger partial charge on any atom is 0.261 e. The van der Waals surface area contributed by atoms with Crippen LogP contribution in [-0.4, -0.2) is 55.6 Å². The van der Waals surface area contributed by atoms with Gasteiger partial charge in [0, 0.05) is 12.1 Å². The van der Waals surface area contributed by atoms with Crippen LogP contribution < -0.4 is 20.3 Å². The summed E-state index contributed by atoms with van der Waals surface area (Å²) in [4.78, 5) is 29.0. The lowest BCUT2D eigenvalue weighted by molar-refractivity contribution is -0.122. The van der Waals surface area contributed by atoms with Crippen molar-refractivity contribution in [1.29, 1.82) is 0 Å². The SMILES string of the molecule is COc1cc2ncn(CC(=O)NC3CCS(=O)(=O)C3)c(=O)c2cc1OC. The second kappa shape index (κ2) is 6.94. The molecule has 0 spiro atoms. The van der Waals surface area contributed by atoms with E-state index in [0.29, 0.717) is 28.8 Å². The zero-order valence-corrected chi connectivity index (χ0v) is 15.2. The van der Waals surface area contributed by atoms with Crippen LogP contribution in [0.4, 0.5) is 0 Å². The van der Waals surface area contributed by atoms with Crippen molar-refractivity contribution in [3.8, 4) is 11.5 Å². The number of nitrogens with zero attached hydrogens (tertiary/aromatic N) is 2. The highest BCUT2D eigenvalue weighted by molar-refractivity contribution is 7.91. The maximum absolute atomic E-state index is 12.6. The molecule has 1 aliphatic heterocycles. The second-order valence-electron chi connectivity index (χ2n) is 6.07. The molecule has 1 saturated heterocycles. The first-order valence-corrected chi connectivity index (χ1v) is 9.76. The summed E-state index contributed by atoms with van der Waals surface area (Å²) in [6.07, 6.45) is 1.66. The minimum atomic E-state index is -3.09. The van der Waals surface area contributed by atoms with Crippen LogP contribution in [0.25, 0.3) is 10.9 Å². The van der Waals surface area contributed by atoms with Crippen molar-refractivity contribution in [2.45, 2.75) is 19.0 Å². The molecule has 0 bridgehead atoms. The van der Waals surface area contributed by atoms with Crippen LogP contribution in [0.15, 0.2) is 23.3 Å². The van der Waals surface area contributed by atoms with E-state index in [2.05, 4.69) is 10.3 Å². The van der Waals surface area contributed by atoms with Gasteiger partial charge in [0.25, 0.3) is 5.56 Å². The van der Waals surface area contributed by atoms with E-state index >= 15 is 0 Å². The van der Waals surface area contributed by atoms with Crippen LogP contribution in [0.5, 0.6) is 11.5 Å². The van der Waals surface area contributed by atoms with Crippen molar-refractivity contribution < 1.29 is 22.7 Å².